The average Bonchev–Trinajstić information content (AvgIpc) is 2.75. The van der Waals surface area contributed by atoms with Gasteiger partial charge in [-0.1, -0.05) is 0 Å². The van der Waals surface area contributed by atoms with Gasteiger partial charge in [0.2, 0.25) is 11.7 Å². The maximum atomic E-state index is 12.0. The van der Waals surface area contributed by atoms with Crippen LogP contribution >= 0.6 is 0 Å². The number of aryl methyl sites for hydroxylation is 1. The largest absolute Gasteiger partial charge is 0.480 e. The molecule has 16 heavy (non-hydrogen) atoms. The highest BCUT2D eigenvalue weighted by Crippen LogP contribution is 2.19. The SMILES string of the molecule is COc1ncccc1C(=O)c1ccc(C)o1. The van der Waals surface area contributed by atoms with Crippen LogP contribution in [0, 0.1) is 6.92 Å². The topological polar surface area (TPSA) is 52.3 Å². The Balaban J connectivity index is 2.41. The van der Waals surface area contributed by atoms with Gasteiger partial charge in [0.05, 0.1) is 12.7 Å². The highest BCUT2D eigenvalue weighted by atomic mass is 16.5. The van der Waals surface area contributed by atoms with Gasteiger partial charge in [-0.05, 0) is 31.2 Å². The van der Waals surface area contributed by atoms with Crippen molar-refractivity contribution in [3.8, 4) is 5.88 Å². The molecule has 0 N–H and O–H groups in total. The van der Waals surface area contributed by atoms with E-state index < -0.39 is 0 Å². The summed E-state index contributed by atoms with van der Waals surface area (Å²) in [6.45, 7) is 1.79. The minimum Gasteiger partial charge on any atom is -0.480 e. The molecule has 0 aliphatic heterocycles. The van der Waals surface area contributed by atoms with Gasteiger partial charge >= 0.3 is 0 Å². The van der Waals surface area contributed by atoms with Gasteiger partial charge in [0.15, 0.2) is 5.76 Å². The molecule has 82 valence electrons. The van der Waals surface area contributed by atoms with Crippen LogP contribution in [-0.4, -0.2) is 17.9 Å². The number of rotatable bonds is 3. The first-order valence-electron chi connectivity index (χ1n) is 4.82. The fourth-order valence-corrected chi connectivity index (χ4v) is 1.42. The number of hydrogen-bond donors (Lipinski definition) is 0. The Kier molecular flexibility index (Phi) is 2.72. The first-order valence-corrected chi connectivity index (χ1v) is 4.82. The van der Waals surface area contributed by atoms with Gasteiger partial charge in [0, 0.05) is 6.20 Å². The minimum absolute atomic E-state index is 0.224. The fraction of sp³-hybridized carbons (Fsp3) is 0.167. The Labute approximate surface area is 92.9 Å². The van der Waals surface area contributed by atoms with Crippen molar-refractivity contribution in [1.82, 2.24) is 4.98 Å². The van der Waals surface area contributed by atoms with Gasteiger partial charge in [0.25, 0.3) is 0 Å². The van der Waals surface area contributed by atoms with E-state index in [2.05, 4.69) is 4.98 Å². The number of aromatic nitrogens is 1. The molecular formula is C12H11NO3. The van der Waals surface area contributed by atoms with Crippen LogP contribution in [0.5, 0.6) is 5.88 Å². The van der Waals surface area contributed by atoms with E-state index >= 15 is 0 Å². The van der Waals surface area contributed by atoms with Crippen molar-refractivity contribution in [2.75, 3.05) is 7.11 Å². The van der Waals surface area contributed by atoms with Crippen LogP contribution in [-0.2, 0) is 0 Å². The molecule has 0 saturated carbocycles. The summed E-state index contributed by atoms with van der Waals surface area (Å²) >= 11 is 0. The summed E-state index contributed by atoms with van der Waals surface area (Å²) < 4.78 is 10.3. The van der Waals surface area contributed by atoms with Gasteiger partial charge in [-0.15, -0.1) is 0 Å². The smallest absolute Gasteiger partial charge is 0.233 e. The predicted octanol–water partition coefficient (Wildman–Crippen LogP) is 2.22. The fourth-order valence-electron chi connectivity index (χ4n) is 1.42. The van der Waals surface area contributed by atoms with E-state index in [9.17, 15) is 4.79 Å². The van der Waals surface area contributed by atoms with Crippen LogP contribution in [0.4, 0.5) is 0 Å². The quantitative estimate of drug-likeness (QED) is 0.740. The van der Waals surface area contributed by atoms with Crippen LogP contribution in [0.2, 0.25) is 0 Å². The Hall–Kier alpha value is -2.10. The van der Waals surface area contributed by atoms with E-state index in [1.807, 2.05) is 0 Å². The molecule has 2 heterocycles. The zero-order valence-electron chi connectivity index (χ0n) is 9.06. The number of methoxy groups -OCH3 is 1. The number of ether oxygens (including phenoxy) is 1. The number of nitrogens with zero attached hydrogens (tertiary/aromatic N) is 1. The Morgan fingerprint density at radius 2 is 2.19 bits per heavy atom. The molecule has 0 atom stereocenters. The molecule has 0 aliphatic rings. The first kappa shape index (κ1) is 10.4. The van der Waals surface area contributed by atoms with Gasteiger partial charge < -0.3 is 9.15 Å². The molecule has 4 heteroatoms. The van der Waals surface area contributed by atoms with Crippen LogP contribution in [0.1, 0.15) is 21.9 Å². The van der Waals surface area contributed by atoms with Crippen LogP contribution in [0.25, 0.3) is 0 Å². The molecule has 2 aromatic heterocycles. The number of carbonyl (C=O) groups is 1. The van der Waals surface area contributed by atoms with E-state index in [0.29, 0.717) is 23.0 Å². The van der Waals surface area contributed by atoms with Crippen molar-refractivity contribution in [1.29, 1.82) is 0 Å². The second kappa shape index (κ2) is 4.18. The molecule has 0 aliphatic carbocycles. The van der Waals surface area contributed by atoms with Crippen molar-refractivity contribution in [2.24, 2.45) is 0 Å². The third-order valence-electron chi connectivity index (χ3n) is 2.17. The predicted molar refractivity (Wildman–Crippen MR) is 57.7 cm³/mol. The third kappa shape index (κ3) is 1.82. The van der Waals surface area contributed by atoms with Gasteiger partial charge in [0.1, 0.15) is 5.76 Å². The zero-order valence-corrected chi connectivity index (χ0v) is 9.06. The summed E-state index contributed by atoms with van der Waals surface area (Å²) in [6, 6.07) is 6.73. The molecule has 0 amide bonds. The van der Waals surface area contributed by atoms with Crippen molar-refractivity contribution in [3.63, 3.8) is 0 Å². The van der Waals surface area contributed by atoms with Crippen molar-refractivity contribution in [2.45, 2.75) is 6.92 Å². The highest BCUT2D eigenvalue weighted by molar-refractivity contribution is 6.08. The Morgan fingerprint density at radius 3 is 2.81 bits per heavy atom. The number of carbonyl (C=O) groups excluding carboxylic acids is 1. The van der Waals surface area contributed by atoms with Crippen LogP contribution in [0.3, 0.4) is 0 Å². The molecule has 2 rings (SSSR count). The lowest BCUT2D eigenvalue weighted by Crippen LogP contribution is -2.03. The normalized spacial score (nSPS) is 10.1. The molecule has 0 radical (unpaired) electrons. The maximum absolute atomic E-state index is 12.0. The first-order chi connectivity index (χ1) is 7.72. The van der Waals surface area contributed by atoms with E-state index in [-0.39, 0.29) is 5.78 Å². The maximum Gasteiger partial charge on any atom is 0.233 e. The second-order valence-corrected chi connectivity index (χ2v) is 3.30. The lowest BCUT2D eigenvalue weighted by Gasteiger charge is -2.03. The Morgan fingerprint density at radius 1 is 1.38 bits per heavy atom. The number of pyridine rings is 1. The molecule has 0 spiro atoms. The molecule has 0 aromatic carbocycles. The molecule has 0 saturated heterocycles. The lowest BCUT2D eigenvalue weighted by atomic mass is 10.1. The highest BCUT2D eigenvalue weighted by Gasteiger charge is 2.17. The standard InChI is InChI=1S/C12H11NO3/c1-8-5-6-10(16-8)11(14)9-4-3-7-13-12(9)15-2/h3-7H,1-2H3. The second-order valence-electron chi connectivity index (χ2n) is 3.30. The third-order valence-corrected chi connectivity index (χ3v) is 2.17. The molecule has 0 fully saturated rings. The number of furan rings is 1. The summed E-state index contributed by atoms with van der Waals surface area (Å²) in [7, 11) is 1.48. The van der Waals surface area contributed by atoms with Crippen molar-refractivity contribution in [3.05, 3.63) is 47.5 Å². The molecule has 0 bridgehead atoms. The van der Waals surface area contributed by atoms with Crippen LogP contribution in [0.15, 0.2) is 34.9 Å². The summed E-state index contributed by atoms with van der Waals surface area (Å²) in [5.74, 6) is 1.08. The lowest BCUT2D eigenvalue weighted by molar-refractivity contribution is 0.100. The van der Waals surface area contributed by atoms with E-state index in [4.69, 9.17) is 9.15 Å². The van der Waals surface area contributed by atoms with Crippen molar-refractivity contribution >= 4 is 5.78 Å². The van der Waals surface area contributed by atoms with E-state index in [1.165, 1.54) is 7.11 Å². The van der Waals surface area contributed by atoms with E-state index in [0.717, 1.165) is 0 Å². The summed E-state index contributed by atoms with van der Waals surface area (Å²) in [6.07, 6.45) is 1.57. The minimum atomic E-state index is -0.224. The van der Waals surface area contributed by atoms with Crippen LogP contribution < -0.4 is 4.74 Å². The molecule has 0 unspecified atom stereocenters. The summed E-state index contributed by atoms with van der Waals surface area (Å²) in [4.78, 5) is 16.0. The van der Waals surface area contributed by atoms with Crippen molar-refractivity contribution < 1.29 is 13.9 Å². The number of hydrogen-bond acceptors (Lipinski definition) is 4. The van der Waals surface area contributed by atoms with Gasteiger partial charge in [-0.3, -0.25) is 4.79 Å². The summed E-state index contributed by atoms with van der Waals surface area (Å²) in [5, 5.41) is 0. The zero-order chi connectivity index (χ0) is 11.5. The molecule has 2 aromatic rings. The monoisotopic (exact) mass is 217 g/mol. The molecule has 4 nitrogen and oxygen atoms in total. The Bertz CT molecular complexity index is 516. The molecular weight excluding hydrogens is 206 g/mol. The van der Waals surface area contributed by atoms with E-state index in [1.54, 1.807) is 37.4 Å². The summed E-state index contributed by atoms with van der Waals surface area (Å²) in [5.41, 5.74) is 0.402. The van der Waals surface area contributed by atoms with Gasteiger partial charge in [-0.25, -0.2) is 4.98 Å². The number of ketones is 1. The van der Waals surface area contributed by atoms with Gasteiger partial charge in [-0.2, -0.15) is 0 Å². The average molecular weight is 217 g/mol.